The standard InChI is InChI=1S/C15H24ClNO/c1-5-17(6-2)15(3,4)14(18)11-12-7-9-13(16)10-8-12/h7-10,14,18H,5-6,11H2,1-4H3. The third-order valence-electron chi connectivity index (χ3n) is 3.74. The highest BCUT2D eigenvalue weighted by atomic mass is 35.5. The van der Waals surface area contributed by atoms with Crippen molar-refractivity contribution in [3.8, 4) is 0 Å². The van der Waals surface area contributed by atoms with Gasteiger partial charge in [0.15, 0.2) is 0 Å². The molecule has 102 valence electrons. The number of benzene rings is 1. The highest BCUT2D eigenvalue weighted by Crippen LogP contribution is 2.22. The summed E-state index contributed by atoms with van der Waals surface area (Å²) in [5.74, 6) is 0. The van der Waals surface area contributed by atoms with Gasteiger partial charge in [-0.25, -0.2) is 0 Å². The van der Waals surface area contributed by atoms with Crippen LogP contribution >= 0.6 is 11.6 Å². The molecule has 1 N–H and O–H groups in total. The lowest BCUT2D eigenvalue weighted by molar-refractivity contribution is -0.00415. The lowest BCUT2D eigenvalue weighted by Crippen LogP contribution is -2.53. The zero-order valence-electron chi connectivity index (χ0n) is 11.8. The van der Waals surface area contributed by atoms with Gasteiger partial charge in [0.05, 0.1) is 6.10 Å². The molecule has 0 amide bonds. The summed E-state index contributed by atoms with van der Waals surface area (Å²) in [5.41, 5.74) is 0.899. The minimum Gasteiger partial charge on any atom is -0.391 e. The number of nitrogens with zero attached hydrogens (tertiary/aromatic N) is 1. The van der Waals surface area contributed by atoms with Crippen molar-refractivity contribution >= 4 is 11.6 Å². The van der Waals surface area contributed by atoms with E-state index in [4.69, 9.17) is 11.6 Å². The summed E-state index contributed by atoms with van der Waals surface area (Å²) in [6, 6.07) is 7.69. The molecule has 18 heavy (non-hydrogen) atoms. The van der Waals surface area contributed by atoms with E-state index in [0.29, 0.717) is 6.42 Å². The van der Waals surface area contributed by atoms with Crippen LogP contribution in [-0.4, -0.2) is 34.7 Å². The molecule has 0 aliphatic rings. The molecule has 1 unspecified atom stereocenters. The molecule has 1 atom stereocenters. The summed E-state index contributed by atoms with van der Waals surface area (Å²) in [6.07, 6.45) is 0.263. The van der Waals surface area contributed by atoms with Gasteiger partial charge in [0, 0.05) is 17.0 Å². The Morgan fingerprint density at radius 3 is 2.11 bits per heavy atom. The molecule has 2 nitrogen and oxygen atoms in total. The Morgan fingerprint density at radius 1 is 1.17 bits per heavy atom. The summed E-state index contributed by atoms with van der Waals surface area (Å²) >= 11 is 5.86. The van der Waals surface area contributed by atoms with Gasteiger partial charge in [0.25, 0.3) is 0 Å². The van der Waals surface area contributed by atoms with Crippen molar-refractivity contribution in [1.29, 1.82) is 0 Å². The Balaban J connectivity index is 2.74. The van der Waals surface area contributed by atoms with Crippen LogP contribution in [0.1, 0.15) is 33.3 Å². The number of rotatable bonds is 6. The summed E-state index contributed by atoms with van der Waals surface area (Å²) in [7, 11) is 0. The maximum absolute atomic E-state index is 10.5. The maximum atomic E-state index is 10.5. The van der Waals surface area contributed by atoms with E-state index in [1.807, 2.05) is 24.3 Å². The van der Waals surface area contributed by atoms with E-state index in [0.717, 1.165) is 23.7 Å². The number of hydrogen-bond donors (Lipinski definition) is 1. The van der Waals surface area contributed by atoms with Gasteiger partial charge in [0.2, 0.25) is 0 Å². The normalized spacial score (nSPS) is 13.9. The smallest absolute Gasteiger partial charge is 0.0758 e. The van der Waals surface area contributed by atoms with E-state index < -0.39 is 6.10 Å². The van der Waals surface area contributed by atoms with E-state index in [-0.39, 0.29) is 5.54 Å². The second-order valence-electron chi connectivity index (χ2n) is 5.17. The molecule has 0 aliphatic heterocycles. The first-order chi connectivity index (χ1) is 8.41. The van der Waals surface area contributed by atoms with Gasteiger partial charge in [-0.05, 0) is 44.6 Å². The molecule has 3 heteroatoms. The van der Waals surface area contributed by atoms with Crippen molar-refractivity contribution in [1.82, 2.24) is 4.90 Å². The van der Waals surface area contributed by atoms with Crippen molar-refractivity contribution in [2.45, 2.75) is 45.8 Å². The van der Waals surface area contributed by atoms with Crippen LogP contribution < -0.4 is 0 Å². The lowest BCUT2D eigenvalue weighted by Gasteiger charge is -2.41. The number of hydrogen-bond acceptors (Lipinski definition) is 2. The summed E-state index contributed by atoms with van der Waals surface area (Å²) < 4.78 is 0. The first kappa shape index (κ1) is 15.5. The fourth-order valence-corrected chi connectivity index (χ4v) is 2.47. The van der Waals surface area contributed by atoms with Gasteiger partial charge < -0.3 is 5.11 Å². The van der Waals surface area contributed by atoms with Crippen LogP contribution in [0.3, 0.4) is 0 Å². The Kier molecular flexibility index (Phi) is 5.64. The Hall–Kier alpha value is -0.570. The van der Waals surface area contributed by atoms with Gasteiger partial charge in [-0.2, -0.15) is 0 Å². The zero-order chi connectivity index (χ0) is 13.8. The van der Waals surface area contributed by atoms with Crippen molar-refractivity contribution in [3.05, 3.63) is 34.9 Å². The van der Waals surface area contributed by atoms with Crippen molar-refractivity contribution < 1.29 is 5.11 Å². The van der Waals surface area contributed by atoms with Gasteiger partial charge in [-0.3, -0.25) is 4.90 Å². The van der Waals surface area contributed by atoms with Crippen LogP contribution in [0, 0.1) is 0 Å². The third-order valence-corrected chi connectivity index (χ3v) is 3.99. The number of halogens is 1. The third kappa shape index (κ3) is 3.71. The molecular weight excluding hydrogens is 246 g/mol. The van der Waals surface area contributed by atoms with Gasteiger partial charge in [-0.1, -0.05) is 37.6 Å². The van der Waals surface area contributed by atoms with Crippen LogP contribution in [0.2, 0.25) is 5.02 Å². The highest BCUT2D eigenvalue weighted by Gasteiger charge is 2.32. The summed E-state index contributed by atoms with van der Waals surface area (Å²) in [6.45, 7) is 10.3. The maximum Gasteiger partial charge on any atom is 0.0758 e. The predicted octanol–water partition coefficient (Wildman–Crippen LogP) is 3.36. The molecule has 0 aliphatic carbocycles. The molecule has 0 bridgehead atoms. The minimum atomic E-state index is -0.390. The van der Waals surface area contributed by atoms with Gasteiger partial charge in [0.1, 0.15) is 0 Å². The van der Waals surface area contributed by atoms with Gasteiger partial charge in [-0.15, -0.1) is 0 Å². The Morgan fingerprint density at radius 2 is 1.67 bits per heavy atom. The van der Waals surface area contributed by atoms with E-state index in [1.54, 1.807) is 0 Å². The molecule has 0 spiro atoms. The number of aliphatic hydroxyl groups excluding tert-OH is 1. The molecule has 0 heterocycles. The molecule has 0 radical (unpaired) electrons. The monoisotopic (exact) mass is 269 g/mol. The molecular formula is C15H24ClNO. The fourth-order valence-electron chi connectivity index (χ4n) is 2.34. The van der Waals surface area contributed by atoms with Crippen LogP contribution in [0.25, 0.3) is 0 Å². The molecule has 1 aromatic carbocycles. The number of likely N-dealkylation sites (N-methyl/N-ethyl adjacent to an activating group) is 1. The molecule has 0 saturated carbocycles. The van der Waals surface area contributed by atoms with Crippen LogP contribution in [0.4, 0.5) is 0 Å². The molecule has 0 fully saturated rings. The average molecular weight is 270 g/mol. The summed E-state index contributed by atoms with van der Waals surface area (Å²) in [5, 5.41) is 11.2. The largest absolute Gasteiger partial charge is 0.391 e. The minimum absolute atomic E-state index is 0.219. The second kappa shape index (κ2) is 6.55. The zero-order valence-corrected chi connectivity index (χ0v) is 12.5. The van der Waals surface area contributed by atoms with Gasteiger partial charge >= 0.3 is 0 Å². The van der Waals surface area contributed by atoms with E-state index in [2.05, 4.69) is 32.6 Å². The Bertz CT molecular complexity index is 357. The highest BCUT2D eigenvalue weighted by molar-refractivity contribution is 6.30. The molecule has 0 aromatic heterocycles. The van der Waals surface area contributed by atoms with E-state index in [9.17, 15) is 5.11 Å². The number of aliphatic hydroxyl groups is 1. The molecule has 0 saturated heterocycles. The fraction of sp³-hybridized carbons (Fsp3) is 0.600. The van der Waals surface area contributed by atoms with Crippen LogP contribution in [0.15, 0.2) is 24.3 Å². The average Bonchev–Trinajstić information content (AvgIpc) is 2.33. The predicted molar refractivity (Wildman–Crippen MR) is 78.2 cm³/mol. The Labute approximate surface area is 116 Å². The van der Waals surface area contributed by atoms with Crippen molar-refractivity contribution in [3.63, 3.8) is 0 Å². The van der Waals surface area contributed by atoms with Crippen LogP contribution in [-0.2, 0) is 6.42 Å². The topological polar surface area (TPSA) is 23.5 Å². The summed E-state index contributed by atoms with van der Waals surface area (Å²) in [4.78, 5) is 2.29. The first-order valence-electron chi connectivity index (χ1n) is 6.59. The quantitative estimate of drug-likeness (QED) is 0.856. The SMILES string of the molecule is CCN(CC)C(C)(C)C(O)Cc1ccc(Cl)cc1. The first-order valence-corrected chi connectivity index (χ1v) is 6.97. The van der Waals surface area contributed by atoms with Crippen LogP contribution in [0.5, 0.6) is 0 Å². The molecule has 1 rings (SSSR count). The van der Waals surface area contributed by atoms with E-state index >= 15 is 0 Å². The lowest BCUT2D eigenvalue weighted by atomic mass is 9.90. The van der Waals surface area contributed by atoms with Crippen molar-refractivity contribution in [2.75, 3.05) is 13.1 Å². The van der Waals surface area contributed by atoms with Crippen molar-refractivity contribution in [2.24, 2.45) is 0 Å². The second-order valence-corrected chi connectivity index (χ2v) is 5.61. The molecule has 1 aromatic rings. The van der Waals surface area contributed by atoms with E-state index in [1.165, 1.54) is 0 Å².